The molecule has 0 bridgehead atoms. The fourth-order valence-corrected chi connectivity index (χ4v) is 2.84. The first-order chi connectivity index (χ1) is 8.27. The second kappa shape index (κ2) is 3.94. The van der Waals surface area contributed by atoms with Gasteiger partial charge in [0.25, 0.3) is 0 Å². The highest BCUT2D eigenvalue weighted by molar-refractivity contribution is 6.05. The van der Waals surface area contributed by atoms with Crippen molar-refractivity contribution in [3.63, 3.8) is 0 Å². The molecule has 1 aliphatic heterocycles. The van der Waals surface area contributed by atoms with Gasteiger partial charge in [-0.15, -0.1) is 0 Å². The molecule has 6 nitrogen and oxygen atoms in total. The summed E-state index contributed by atoms with van der Waals surface area (Å²) in [5.74, 6) is 0.330. The van der Waals surface area contributed by atoms with Gasteiger partial charge in [0.15, 0.2) is 0 Å². The van der Waals surface area contributed by atoms with Gasteiger partial charge in [0.1, 0.15) is 12.2 Å². The third-order valence-corrected chi connectivity index (χ3v) is 3.71. The second-order valence-electron chi connectivity index (χ2n) is 4.69. The van der Waals surface area contributed by atoms with Crippen molar-refractivity contribution in [3.05, 3.63) is 12.2 Å². The number of amides is 2. The van der Waals surface area contributed by atoms with Crippen LogP contribution >= 0.6 is 0 Å². The van der Waals surface area contributed by atoms with Gasteiger partial charge in [0.2, 0.25) is 11.8 Å². The van der Waals surface area contributed by atoms with Crippen molar-refractivity contribution in [1.82, 2.24) is 20.1 Å². The van der Waals surface area contributed by atoms with Gasteiger partial charge in [-0.3, -0.25) is 19.6 Å². The summed E-state index contributed by atoms with van der Waals surface area (Å²) >= 11 is 0. The molecule has 1 aromatic heterocycles. The Bertz CT molecular complexity index is 418. The van der Waals surface area contributed by atoms with E-state index < -0.39 is 0 Å². The average Bonchev–Trinajstić information content (AvgIpc) is 2.94. The SMILES string of the molecule is O=C1C2CCCCC2C(=O)N1Cc1ncn[nH]1. The maximum absolute atomic E-state index is 12.1. The van der Waals surface area contributed by atoms with Crippen LogP contribution in [-0.2, 0) is 16.1 Å². The van der Waals surface area contributed by atoms with Gasteiger partial charge in [-0.1, -0.05) is 12.8 Å². The number of nitrogens with zero attached hydrogens (tertiary/aromatic N) is 3. The van der Waals surface area contributed by atoms with Crippen LogP contribution in [0.5, 0.6) is 0 Å². The van der Waals surface area contributed by atoms with Crippen LogP contribution in [0.2, 0.25) is 0 Å². The highest BCUT2D eigenvalue weighted by Gasteiger charge is 2.48. The molecular formula is C11H14N4O2. The molecule has 2 atom stereocenters. The molecule has 2 fully saturated rings. The molecule has 0 radical (unpaired) electrons. The molecule has 1 N–H and O–H groups in total. The smallest absolute Gasteiger partial charge is 0.233 e. The number of fused-ring (bicyclic) bond motifs is 1. The van der Waals surface area contributed by atoms with Crippen molar-refractivity contribution >= 4 is 11.8 Å². The number of imide groups is 1. The van der Waals surface area contributed by atoms with Gasteiger partial charge in [-0.2, -0.15) is 5.10 Å². The molecule has 2 heterocycles. The topological polar surface area (TPSA) is 79.0 Å². The Morgan fingerprint density at radius 3 is 2.41 bits per heavy atom. The van der Waals surface area contributed by atoms with Gasteiger partial charge >= 0.3 is 0 Å². The highest BCUT2D eigenvalue weighted by Crippen LogP contribution is 2.38. The summed E-state index contributed by atoms with van der Waals surface area (Å²) < 4.78 is 0. The van der Waals surface area contributed by atoms with E-state index in [9.17, 15) is 9.59 Å². The van der Waals surface area contributed by atoms with Crippen LogP contribution in [0.1, 0.15) is 31.5 Å². The first kappa shape index (κ1) is 10.4. The lowest BCUT2D eigenvalue weighted by Gasteiger charge is -2.19. The van der Waals surface area contributed by atoms with Crippen LogP contribution in [0, 0.1) is 11.8 Å². The van der Waals surface area contributed by atoms with Crippen LogP contribution in [-0.4, -0.2) is 31.9 Å². The van der Waals surface area contributed by atoms with E-state index in [2.05, 4.69) is 15.2 Å². The van der Waals surface area contributed by atoms with Crippen molar-refractivity contribution in [2.24, 2.45) is 11.8 Å². The molecule has 6 heteroatoms. The predicted octanol–water partition coefficient (Wildman–Crippen LogP) is 0.480. The largest absolute Gasteiger partial charge is 0.274 e. The summed E-state index contributed by atoms with van der Waals surface area (Å²) in [5.41, 5.74) is 0. The van der Waals surface area contributed by atoms with Gasteiger partial charge < -0.3 is 0 Å². The van der Waals surface area contributed by atoms with Crippen LogP contribution in [0.15, 0.2) is 6.33 Å². The van der Waals surface area contributed by atoms with Crippen LogP contribution in [0.3, 0.4) is 0 Å². The molecule has 1 saturated heterocycles. The third-order valence-electron chi connectivity index (χ3n) is 3.71. The van der Waals surface area contributed by atoms with E-state index in [0.29, 0.717) is 5.82 Å². The maximum atomic E-state index is 12.1. The van der Waals surface area contributed by atoms with Gasteiger partial charge in [-0.05, 0) is 12.8 Å². The number of nitrogens with one attached hydrogen (secondary N) is 1. The summed E-state index contributed by atoms with van der Waals surface area (Å²) in [4.78, 5) is 29.5. The van der Waals surface area contributed by atoms with Crippen LogP contribution < -0.4 is 0 Å². The summed E-state index contributed by atoms with van der Waals surface area (Å²) in [7, 11) is 0. The lowest BCUT2D eigenvalue weighted by molar-refractivity contribution is -0.140. The monoisotopic (exact) mass is 234 g/mol. The Morgan fingerprint density at radius 1 is 1.24 bits per heavy atom. The summed E-state index contributed by atoms with van der Waals surface area (Å²) in [6.07, 6.45) is 5.18. The predicted molar refractivity (Wildman–Crippen MR) is 57.4 cm³/mol. The Balaban J connectivity index is 1.81. The zero-order valence-electron chi connectivity index (χ0n) is 9.43. The van der Waals surface area contributed by atoms with E-state index >= 15 is 0 Å². The number of carbonyl (C=O) groups excluding carboxylic acids is 2. The van der Waals surface area contributed by atoms with Gasteiger partial charge in [-0.25, -0.2) is 4.98 Å². The zero-order valence-corrected chi connectivity index (χ0v) is 9.43. The number of rotatable bonds is 2. The molecule has 2 unspecified atom stereocenters. The molecule has 0 spiro atoms. The number of aromatic nitrogens is 3. The first-order valence-corrected chi connectivity index (χ1v) is 5.97. The fourth-order valence-electron chi connectivity index (χ4n) is 2.84. The zero-order chi connectivity index (χ0) is 11.8. The Hall–Kier alpha value is -1.72. The van der Waals surface area contributed by atoms with Crippen molar-refractivity contribution in [3.8, 4) is 0 Å². The maximum Gasteiger partial charge on any atom is 0.233 e. The van der Waals surface area contributed by atoms with Gasteiger partial charge in [0, 0.05) is 0 Å². The Labute approximate surface area is 98.4 Å². The molecule has 2 aliphatic rings. The van der Waals surface area contributed by atoms with E-state index in [0.717, 1.165) is 25.7 Å². The van der Waals surface area contributed by atoms with Crippen molar-refractivity contribution in [1.29, 1.82) is 0 Å². The van der Waals surface area contributed by atoms with Crippen LogP contribution in [0.4, 0.5) is 0 Å². The number of H-pyrrole nitrogens is 1. The first-order valence-electron chi connectivity index (χ1n) is 5.97. The van der Waals surface area contributed by atoms with Crippen molar-refractivity contribution < 1.29 is 9.59 Å². The van der Waals surface area contributed by atoms with Gasteiger partial charge in [0.05, 0.1) is 18.4 Å². The normalized spacial score (nSPS) is 28.6. The van der Waals surface area contributed by atoms with E-state index in [1.165, 1.54) is 11.2 Å². The van der Waals surface area contributed by atoms with E-state index in [1.807, 2.05) is 0 Å². The van der Waals surface area contributed by atoms with Crippen molar-refractivity contribution in [2.45, 2.75) is 32.2 Å². The number of hydrogen-bond donors (Lipinski definition) is 1. The molecular weight excluding hydrogens is 220 g/mol. The minimum atomic E-state index is -0.0841. The van der Waals surface area contributed by atoms with E-state index in [-0.39, 0.29) is 30.2 Å². The van der Waals surface area contributed by atoms with Crippen molar-refractivity contribution in [2.75, 3.05) is 0 Å². The molecule has 0 aromatic carbocycles. The highest BCUT2D eigenvalue weighted by atomic mass is 16.2. The molecule has 1 aliphatic carbocycles. The minimum absolute atomic E-state index is 0.0314. The molecule has 2 amide bonds. The number of hydrogen-bond acceptors (Lipinski definition) is 4. The van der Waals surface area contributed by atoms with E-state index in [4.69, 9.17) is 0 Å². The fraction of sp³-hybridized carbons (Fsp3) is 0.636. The Morgan fingerprint density at radius 2 is 1.88 bits per heavy atom. The standard InChI is InChI=1S/C11H14N4O2/c16-10-7-3-1-2-4-8(7)11(17)15(10)5-9-12-6-13-14-9/h6-8H,1-5H2,(H,12,13,14). The molecule has 90 valence electrons. The summed E-state index contributed by atoms with van der Waals surface area (Å²) in [6, 6.07) is 0. The molecule has 17 heavy (non-hydrogen) atoms. The lowest BCUT2D eigenvalue weighted by Crippen LogP contribution is -2.30. The third kappa shape index (κ3) is 1.64. The summed E-state index contributed by atoms with van der Waals surface area (Å²) in [5, 5.41) is 6.40. The summed E-state index contributed by atoms with van der Waals surface area (Å²) in [6.45, 7) is 0.227. The number of aromatic amines is 1. The second-order valence-corrected chi connectivity index (χ2v) is 4.69. The number of likely N-dealkylation sites (tertiary alicyclic amines) is 1. The van der Waals surface area contributed by atoms with E-state index in [1.54, 1.807) is 0 Å². The average molecular weight is 234 g/mol. The Kier molecular flexibility index (Phi) is 2.42. The lowest BCUT2D eigenvalue weighted by atomic mass is 9.81. The number of carbonyl (C=O) groups is 2. The molecule has 3 rings (SSSR count). The minimum Gasteiger partial charge on any atom is -0.274 e. The molecule has 1 saturated carbocycles. The quantitative estimate of drug-likeness (QED) is 0.755. The van der Waals surface area contributed by atoms with Crippen LogP contribution in [0.25, 0.3) is 0 Å². The molecule has 1 aromatic rings.